The molecule has 0 saturated carbocycles. The highest BCUT2D eigenvalue weighted by Gasteiger charge is 2.41. The number of rotatable bonds is 4. The van der Waals surface area contributed by atoms with E-state index in [1.54, 1.807) is 0 Å². The molecule has 2 heterocycles. The van der Waals surface area contributed by atoms with Crippen LogP contribution in [0.1, 0.15) is 0 Å². The van der Waals surface area contributed by atoms with Gasteiger partial charge in [-0.15, -0.1) is 0 Å². The minimum atomic E-state index is 0.00707. The zero-order valence-corrected chi connectivity index (χ0v) is 28.8. The van der Waals surface area contributed by atoms with Gasteiger partial charge in [-0.3, -0.25) is 0 Å². The standard InChI is InChI=1S/C50H31BO2/c1-2-16-32(17-3-1)33-18-4-6-20-35(33)47-37-22-8-10-24-39(37)48(40-25-11-9-23-38(40)47)36-21-7-5-19-34(36)41-30-31-46-49-50(41)53-45-29-15-13-27-43(45)51(49)42-26-12-14-28-44(42)52-46/h1-31H. The van der Waals surface area contributed by atoms with E-state index >= 15 is 0 Å². The van der Waals surface area contributed by atoms with Crippen LogP contribution in [0, 0.1) is 0 Å². The second-order valence-corrected chi connectivity index (χ2v) is 13.9. The molecule has 3 heteroatoms. The third-order valence-electron chi connectivity index (χ3n) is 11.0. The Hall–Kier alpha value is -6.84. The molecule has 0 unspecified atom stereocenters. The van der Waals surface area contributed by atoms with Gasteiger partial charge in [0.15, 0.2) is 0 Å². The van der Waals surface area contributed by atoms with Gasteiger partial charge in [0.1, 0.15) is 23.0 Å². The number of hydrogen-bond donors (Lipinski definition) is 0. The first-order valence-electron chi connectivity index (χ1n) is 18.2. The second kappa shape index (κ2) is 11.9. The van der Waals surface area contributed by atoms with Gasteiger partial charge in [0.25, 0.3) is 6.71 Å². The summed E-state index contributed by atoms with van der Waals surface area (Å²) < 4.78 is 13.5. The smallest absolute Gasteiger partial charge is 0.260 e. The monoisotopic (exact) mass is 674 g/mol. The molecule has 0 radical (unpaired) electrons. The predicted molar refractivity (Wildman–Crippen MR) is 221 cm³/mol. The molecule has 2 aliphatic heterocycles. The van der Waals surface area contributed by atoms with Gasteiger partial charge < -0.3 is 9.47 Å². The highest BCUT2D eigenvalue weighted by molar-refractivity contribution is 6.98. The van der Waals surface area contributed by atoms with Crippen LogP contribution in [-0.2, 0) is 0 Å². The van der Waals surface area contributed by atoms with E-state index < -0.39 is 0 Å². The topological polar surface area (TPSA) is 18.5 Å². The molecule has 9 aromatic carbocycles. The van der Waals surface area contributed by atoms with Crippen molar-refractivity contribution < 1.29 is 9.47 Å². The fourth-order valence-corrected chi connectivity index (χ4v) is 8.81. The molecule has 0 bridgehead atoms. The Bertz CT molecular complexity index is 2840. The quantitative estimate of drug-likeness (QED) is 0.137. The normalized spacial score (nSPS) is 12.4. The van der Waals surface area contributed by atoms with Crippen LogP contribution < -0.4 is 25.9 Å². The molecule has 53 heavy (non-hydrogen) atoms. The number of ether oxygens (including phenoxy) is 2. The third-order valence-corrected chi connectivity index (χ3v) is 11.0. The van der Waals surface area contributed by atoms with E-state index in [2.05, 4.69) is 182 Å². The van der Waals surface area contributed by atoms with Crippen molar-refractivity contribution in [2.75, 3.05) is 0 Å². The number of benzene rings is 9. The van der Waals surface area contributed by atoms with Crippen molar-refractivity contribution in [1.82, 2.24) is 0 Å². The van der Waals surface area contributed by atoms with Gasteiger partial charge in [-0.2, -0.15) is 0 Å². The molecule has 0 spiro atoms. The van der Waals surface area contributed by atoms with Crippen molar-refractivity contribution in [3.63, 3.8) is 0 Å². The molecule has 0 saturated heterocycles. The average Bonchev–Trinajstić information content (AvgIpc) is 3.23. The molecule has 0 fully saturated rings. The molecule has 0 amide bonds. The minimum absolute atomic E-state index is 0.00707. The van der Waals surface area contributed by atoms with Crippen molar-refractivity contribution in [3.8, 4) is 67.5 Å². The van der Waals surface area contributed by atoms with Gasteiger partial charge in [-0.25, -0.2) is 0 Å². The van der Waals surface area contributed by atoms with Gasteiger partial charge in [-0.1, -0.05) is 164 Å². The highest BCUT2D eigenvalue weighted by Crippen LogP contribution is 2.49. The Labute approximate surface area is 308 Å². The van der Waals surface area contributed by atoms with Crippen LogP contribution in [0.25, 0.3) is 66.1 Å². The minimum Gasteiger partial charge on any atom is -0.458 e. The summed E-state index contributed by atoms with van der Waals surface area (Å²) in [5.74, 6) is 3.48. The van der Waals surface area contributed by atoms with Crippen LogP contribution in [0.15, 0.2) is 188 Å². The van der Waals surface area contributed by atoms with Crippen molar-refractivity contribution >= 4 is 44.6 Å². The van der Waals surface area contributed by atoms with E-state index in [1.165, 1.54) is 49.4 Å². The van der Waals surface area contributed by atoms with Crippen molar-refractivity contribution in [3.05, 3.63) is 188 Å². The predicted octanol–water partition coefficient (Wildman–Crippen LogP) is 11.4. The Kier molecular flexibility index (Phi) is 6.68. The van der Waals surface area contributed by atoms with Gasteiger partial charge in [0.05, 0.1) is 0 Å². The van der Waals surface area contributed by atoms with Gasteiger partial charge in [-0.05, 0) is 95.7 Å². The van der Waals surface area contributed by atoms with Gasteiger partial charge in [0.2, 0.25) is 0 Å². The molecule has 0 atom stereocenters. The number of fused-ring (bicyclic) bond motifs is 6. The maximum atomic E-state index is 6.94. The molecule has 9 aromatic rings. The molecule has 2 nitrogen and oxygen atoms in total. The van der Waals surface area contributed by atoms with Crippen molar-refractivity contribution in [2.45, 2.75) is 0 Å². The van der Waals surface area contributed by atoms with Crippen LogP contribution in [0.5, 0.6) is 23.0 Å². The summed E-state index contributed by atoms with van der Waals surface area (Å²) in [7, 11) is 0. The van der Waals surface area contributed by atoms with Crippen molar-refractivity contribution in [1.29, 1.82) is 0 Å². The number of para-hydroxylation sites is 2. The summed E-state index contributed by atoms with van der Waals surface area (Å²) in [5.41, 5.74) is 12.8. The molecular formula is C50H31BO2. The van der Waals surface area contributed by atoms with Crippen LogP contribution in [0.4, 0.5) is 0 Å². The lowest BCUT2D eigenvalue weighted by Crippen LogP contribution is -2.57. The average molecular weight is 675 g/mol. The molecular weight excluding hydrogens is 643 g/mol. The van der Waals surface area contributed by atoms with Crippen LogP contribution in [0.3, 0.4) is 0 Å². The first kappa shape index (κ1) is 29.9. The summed E-state index contributed by atoms with van der Waals surface area (Å²) >= 11 is 0. The summed E-state index contributed by atoms with van der Waals surface area (Å²) in [4.78, 5) is 0. The molecule has 246 valence electrons. The second-order valence-electron chi connectivity index (χ2n) is 13.9. The summed E-state index contributed by atoms with van der Waals surface area (Å²) in [5, 5.41) is 4.87. The zero-order chi connectivity index (χ0) is 34.9. The van der Waals surface area contributed by atoms with E-state index in [9.17, 15) is 0 Å². The lowest BCUT2D eigenvalue weighted by molar-refractivity contribution is 0.465. The Morgan fingerprint density at radius 3 is 1.36 bits per heavy atom. The first-order valence-corrected chi connectivity index (χ1v) is 18.2. The summed E-state index contributed by atoms with van der Waals surface area (Å²) in [6.45, 7) is 0.00707. The van der Waals surface area contributed by atoms with Crippen LogP contribution in [0.2, 0.25) is 0 Å². The fourth-order valence-electron chi connectivity index (χ4n) is 8.81. The first-order chi connectivity index (χ1) is 26.3. The van der Waals surface area contributed by atoms with Gasteiger partial charge >= 0.3 is 0 Å². The van der Waals surface area contributed by atoms with Crippen LogP contribution >= 0.6 is 0 Å². The Balaban J connectivity index is 1.18. The van der Waals surface area contributed by atoms with E-state index in [0.717, 1.165) is 56.1 Å². The van der Waals surface area contributed by atoms with E-state index in [1.807, 2.05) is 6.07 Å². The maximum absolute atomic E-state index is 6.94. The van der Waals surface area contributed by atoms with E-state index in [4.69, 9.17) is 9.47 Å². The van der Waals surface area contributed by atoms with Gasteiger partial charge in [0, 0.05) is 11.0 Å². The van der Waals surface area contributed by atoms with Crippen LogP contribution in [-0.4, -0.2) is 6.71 Å². The summed E-state index contributed by atoms with van der Waals surface area (Å²) in [6, 6.07) is 67.3. The SMILES string of the molecule is c1ccc(-c2ccccc2-c2c3ccccc3c(-c3ccccc3-c3ccc4c5c3Oc3ccccc3B5c3ccccc3O4)c3ccccc23)cc1. The Morgan fingerprint density at radius 1 is 0.302 bits per heavy atom. The lowest BCUT2D eigenvalue weighted by Gasteiger charge is -2.34. The lowest BCUT2D eigenvalue weighted by atomic mass is 9.34. The summed E-state index contributed by atoms with van der Waals surface area (Å²) in [6.07, 6.45) is 0. The Morgan fingerprint density at radius 2 is 0.755 bits per heavy atom. The third kappa shape index (κ3) is 4.54. The molecule has 0 aliphatic carbocycles. The highest BCUT2D eigenvalue weighted by atomic mass is 16.5. The largest absolute Gasteiger partial charge is 0.458 e. The van der Waals surface area contributed by atoms with Crippen molar-refractivity contribution in [2.24, 2.45) is 0 Å². The molecule has 2 aliphatic rings. The maximum Gasteiger partial charge on any atom is 0.260 e. The van der Waals surface area contributed by atoms with E-state index in [0.29, 0.717) is 0 Å². The fraction of sp³-hybridized carbons (Fsp3) is 0. The molecule has 0 aromatic heterocycles. The zero-order valence-electron chi connectivity index (χ0n) is 28.8. The number of hydrogen-bond acceptors (Lipinski definition) is 2. The molecule has 11 rings (SSSR count). The van der Waals surface area contributed by atoms with E-state index in [-0.39, 0.29) is 6.71 Å². The molecule has 0 N–H and O–H groups in total.